The number of amides is 1. The molecule has 0 unspecified atom stereocenters. The van der Waals surface area contributed by atoms with Crippen LogP contribution in [-0.4, -0.2) is 65.1 Å². The lowest BCUT2D eigenvalue weighted by molar-refractivity contribution is -0.138. The fourth-order valence-corrected chi connectivity index (χ4v) is 3.51. The Balaban J connectivity index is 1.30. The predicted octanol–water partition coefficient (Wildman–Crippen LogP) is 0.662. The number of thiophene rings is 1. The van der Waals surface area contributed by atoms with Crippen molar-refractivity contribution in [2.75, 3.05) is 39.3 Å². The number of hydrogen-bond acceptors (Lipinski definition) is 7. The quantitative estimate of drug-likeness (QED) is 0.886. The monoisotopic (exact) mass is 333 g/mol. The van der Waals surface area contributed by atoms with Gasteiger partial charge >= 0.3 is 0 Å². The third-order valence-corrected chi connectivity index (χ3v) is 5.25. The van der Waals surface area contributed by atoms with E-state index in [2.05, 4.69) is 20.4 Å². The maximum absolute atomic E-state index is 12.2. The molecule has 2 aromatic heterocycles. The number of hydrogen-bond donors (Lipinski definition) is 1. The van der Waals surface area contributed by atoms with Crippen molar-refractivity contribution in [1.29, 1.82) is 0 Å². The van der Waals surface area contributed by atoms with Crippen molar-refractivity contribution in [3.8, 4) is 10.7 Å². The molecule has 2 fully saturated rings. The summed E-state index contributed by atoms with van der Waals surface area (Å²) in [6.45, 7) is 5.55. The topological polar surface area (TPSA) is 74.5 Å². The van der Waals surface area contributed by atoms with Crippen molar-refractivity contribution in [2.24, 2.45) is 5.92 Å². The molecular formula is C15H19N5O2S. The van der Waals surface area contributed by atoms with Gasteiger partial charge in [-0.3, -0.25) is 9.69 Å². The number of piperazine rings is 1. The van der Waals surface area contributed by atoms with Crippen LogP contribution in [-0.2, 0) is 11.3 Å². The van der Waals surface area contributed by atoms with E-state index in [0.717, 1.165) is 44.1 Å². The van der Waals surface area contributed by atoms with Gasteiger partial charge in [-0.1, -0.05) is 11.2 Å². The summed E-state index contributed by atoms with van der Waals surface area (Å²) in [5.41, 5.74) is 0. The van der Waals surface area contributed by atoms with Crippen LogP contribution in [0.2, 0.25) is 0 Å². The van der Waals surface area contributed by atoms with Gasteiger partial charge in [0.1, 0.15) is 0 Å². The fourth-order valence-electron chi connectivity index (χ4n) is 2.86. The van der Waals surface area contributed by atoms with Crippen LogP contribution in [0.3, 0.4) is 0 Å². The molecule has 0 bridgehead atoms. The molecule has 0 aromatic carbocycles. The van der Waals surface area contributed by atoms with Crippen molar-refractivity contribution in [3.63, 3.8) is 0 Å². The van der Waals surface area contributed by atoms with Crippen LogP contribution in [0.1, 0.15) is 5.89 Å². The van der Waals surface area contributed by atoms with Crippen molar-refractivity contribution >= 4 is 17.2 Å². The zero-order chi connectivity index (χ0) is 15.6. The summed E-state index contributed by atoms with van der Waals surface area (Å²) in [4.78, 5) is 21.9. The standard InChI is InChI=1S/C15H19N5O2S/c21-15(11-8-16-9-11)20-5-3-19(4-6-20)10-13-17-14(18-22-13)12-2-1-7-23-12/h1-2,7,11,16H,3-6,8-10H2. The molecule has 122 valence electrons. The molecule has 1 N–H and O–H groups in total. The Morgan fingerprint density at radius 2 is 2.17 bits per heavy atom. The molecule has 0 aliphatic carbocycles. The summed E-state index contributed by atoms with van der Waals surface area (Å²) in [7, 11) is 0. The zero-order valence-corrected chi connectivity index (χ0v) is 13.6. The van der Waals surface area contributed by atoms with Gasteiger partial charge in [0.05, 0.1) is 17.3 Å². The lowest BCUT2D eigenvalue weighted by Crippen LogP contribution is -2.56. The molecule has 23 heavy (non-hydrogen) atoms. The van der Waals surface area contributed by atoms with Gasteiger partial charge in [-0.05, 0) is 11.4 Å². The van der Waals surface area contributed by atoms with E-state index in [1.54, 1.807) is 11.3 Å². The Morgan fingerprint density at radius 3 is 2.83 bits per heavy atom. The minimum absolute atomic E-state index is 0.186. The molecule has 0 atom stereocenters. The molecule has 0 radical (unpaired) electrons. The second-order valence-corrected chi connectivity index (χ2v) is 6.89. The van der Waals surface area contributed by atoms with Crippen molar-refractivity contribution in [2.45, 2.75) is 6.54 Å². The highest BCUT2D eigenvalue weighted by Crippen LogP contribution is 2.21. The molecule has 4 rings (SSSR count). The maximum atomic E-state index is 12.2. The smallest absolute Gasteiger partial charge is 0.241 e. The molecule has 2 aromatic rings. The summed E-state index contributed by atoms with van der Waals surface area (Å²) in [5, 5.41) is 9.19. The molecule has 2 saturated heterocycles. The lowest BCUT2D eigenvalue weighted by atomic mass is 10.0. The van der Waals surface area contributed by atoms with E-state index >= 15 is 0 Å². The Hall–Kier alpha value is -1.77. The summed E-state index contributed by atoms with van der Waals surface area (Å²) >= 11 is 1.60. The fraction of sp³-hybridized carbons (Fsp3) is 0.533. The second kappa shape index (κ2) is 6.38. The Bertz CT molecular complexity index is 659. The molecule has 2 aliphatic rings. The number of rotatable bonds is 4. The highest BCUT2D eigenvalue weighted by Gasteiger charge is 2.31. The third-order valence-electron chi connectivity index (χ3n) is 4.38. The van der Waals surface area contributed by atoms with Crippen molar-refractivity contribution < 1.29 is 9.32 Å². The highest BCUT2D eigenvalue weighted by molar-refractivity contribution is 7.13. The minimum atomic E-state index is 0.186. The SMILES string of the molecule is O=C(C1CNC1)N1CCN(Cc2nc(-c3cccs3)no2)CC1. The molecule has 0 spiro atoms. The molecular weight excluding hydrogens is 314 g/mol. The molecule has 0 saturated carbocycles. The number of carbonyl (C=O) groups excluding carboxylic acids is 1. The van der Waals surface area contributed by atoms with Crippen LogP contribution in [0.15, 0.2) is 22.0 Å². The summed E-state index contributed by atoms with van der Waals surface area (Å²) in [6, 6.07) is 3.96. The van der Waals surface area contributed by atoms with E-state index in [0.29, 0.717) is 24.2 Å². The van der Waals surface area contributed by atoms with Gasteiger partial charge in [-0.15, -0.1) is 11.3 Å². The maximum Gasteiger partial charge on any atom is 0.241 e. The van der Waals surface area contributed by atoms with Gasteiger partial charge in [0, 0.05) is 39.3 Å². The number of aromatic nitrogens is 2. The molecule has 1 amide bonds. The first-order chi connectivity index (χ1) is 11.3. The molecule has 7 nitrogen and oxygen atoms in total. The average Bonchev–Trinajstić information content (AvgIpc) is 3.17. The van der Waals surface area contributed by atoms with Crippen molar-refractivity contribution in [3.05, 3.63) is 23.4 Å². The van der Waals surface area contributed by atoms with Crippen LogP contribution in [0.5, 0.6) is 0 Å². The summed E-state index contributed by atoms with van der Waals surface area (Å²) in [5.74, 6) is 1.77. The molecule has 2 aliphatic heterocycles. The van der Waals surface area contributed by atoms with Crippen LogP contribution in [0.25, 0.3) is 10.7 Å². The second-order valence-electron chi connectivity index (χ2n) is 5.95. The van der Waals surface area contributed by atoms with Gasteiger partial charge in [-0.25, -0.2) is 0 Å². The van der Waals surface area contributed by atoms with Crippen LogP contribution < -0.4 is 5.32 Å². The normalized spacial score (nSPS) is 19.7. The Labute approximate surface area is 138 Å². The van der Waals surface area contributed by atoms with Gasteiger partial charge < -0.3 is 14.7 Å². The van der Waals surface area contributed by atoms with E-state index in [1.165, 1.54) is 0 Å². The minimum Gasteiger partial charge on any atom is -0.340 e. The van der Waals surface area contributed by atoms with E-state index in [4.69, 9.17) is 4.52 Å². The van der Waals surface area contributed by atoms with Crippen LogP contribution in [0, 0.1) is 5.92 Å². The molecule has 8 heteroatoms. The van der Waals surface area contributed by atoms with E-state index in [1.807, 2.05) is 22.4 Å². The van der Waals surface area contributed by atoms with Gasteiger partial charge in [-0.2, -0.15) is 4.98 Å². The molecule has 4 heterocycles. The first-order valence-corrected chi connectivity index (χ1v) is 8.76. The summed E-state index contributed by atoms with van der Waals surface area (Å²) in [6.07, 6.45) is 0. The zero-order valence-electron chi connectivity index (χ0n) is 12.8. The number of carbonyl (C=O) groups is 1. The van der Waals surface area contributed by atoms with Gasteiger partial charge in [0.25, 0.3) is 0 Å². The largest absolute Gasteiger partial charge is 0.340 e. The van der Waals surface area contributed by atoms with E-state index in [-0.39, 0.29) is 5.92 Å². The Kier molecular flexibility index (Phi) is 4.11. The van der Waals surface area contributed by atoms with Gasteiger partial charge in [0.2, 0.25) is 17.6 Å². The highest BCUT2D eigenvalue weighted by atomic mass is 32.1. The van der Waals surface area contributed by atoms with E-state index in [9.17, 15) is 4.79 Å². The third kappa shape index (κ3) is 3.15. The lowest BCUT2D eigenvalue weighted by Gasteiger charge is -2.38. The van der Waals surface area contributed by atoms with Crippen LogP contribution in [0.4, 0.5) is 0 Å². The van der Waals surface area contributed by atoms with Gasteiger partial charge in [0.15, 0.2) is 0 Å². The number of nitrogens with zero attached hydrogens (tertiary/aromatic N) is 4. The first kappa shape index (κ1) is 14.8. The first-order valence-electron chi connectivity index (χ1n) is 7.88. The predicted molar refractivity (Wildman–Crippen MR) is 85.8 cm³/mol. The number of nitrogens with one attached hydrogen (secondary N) is 1. The average molecular weight is 333 g/mol. The summed E-state index contributed by atoms with van der Waals surface area (Å²) < 4.78 is 5.35. The van der Waals surface area contributed by atoms with Crippen molar-refractivity contribution in [1.82, 2.24) is 25.3 Å². The van der Waals surface area contributed by atoms with Crippen LogP contribution >= 0.6 is 11.3 Å². The van der Waals surface area contributed by atoms with E-state index < -0.39 is 0 Å². The Morgan fingerprint density at radius 1 is 1.35 bits per heavy atom.